The molecule has 2 heterocycles. The molecular weight excluding hydrogens is 258 g/mol. The van der Waals surface area contributed by atoms with E-state index in [1.54, 1.807) is 0 Å². The maximum absolute atomic E-state index is 10.5. The zero-order valence-corrected chi connectivity index (χ0v) is 8.15. The Kier molecular flexibility index (Phi) is 1.46. The Balaban J connectivity index is 2.32. The first-order chi connectivity index (χ1) is 5.04. The lowest BCUT2D eigenvalue weighted by Crippen LogP contribution is -2.28. The molecule has 2 aliphatic heterocycles. The molecule has 8 heteroatoms. The molecule has 0 aromatic heterocycles. The van der Waals surface area contributed by atoms with Crippen molar-refractivity contribution in [2.75, 3.05) is 0 Å². The topological polar surface area (TPSA) is 65.0 Å². The predicted octanol–water partition coefficient (Wildman–Crippen LogP) is 1.15. The van der Waals surface area contributed by atoms with E-state index in [1.807, 2.05) is 0 Å². The van der Waals surface area contributed by atoms with Gasteiger partial charge in [-0.3, -0.25) is 0 Å². The van der Waals surface area contributed by atoms with Gasteiger partial charge < -0.3 is 0 Å². The minimum atomic E-state index is -3.73. The van der Waals surface area contributed by atoms with Crippen molar-refractivity contribution in [3.8, 4) is 0 Å². The van der Waals surface area contributed by atoms with Gasteiger partial charge in [0.25, 0.3) is 0 Å². The second kappa shape index (κ2) is 2.07. The van der Waals surface area contributed by atoms with Crippen molar-refractivity contribution < 1.29 is 15.7 Å². The number of rotatable bonds is 0. The molecule has 0 aliphatic carbocycles. The molecule has 0 atom stereocenters. The summed E-state index contributed by atoms with van der Waals surface area (Å²) in [6.07, 6.45) is 1.44. The fraction of sp³-hybridized carbons (Fsp3) is 0. The number of nitrogens with zero attached hydrogens (tertiary/aromatic N) is 1. The van der Waals surface area contributed by atoms with E-state index in [4.69, 9.17) is 0 Å². The summed E-state index contributed by atoms with van der Waals surface area (Å²) in [6.45, 7) is 0. The lowest BCUT2D eigenvalue weighted by atomic mass is 11.1. The molecule has 0 radical (unpaired) electrons. The van der Waals surface area contributed by atoms with Crippen LogP contribution < -0.4 is 0 Å². The predicted molar refractivity (Wildman–Crippen MR) is 44.2 cm³/mol. The molecule has 2 aliphatic rings. The molecule has 11 heavy (non-hydrogen) atoms. The number of hydrogen-bond donors (Lipinski definition) is 0. The number of halogens is 1. The summed E-state index contributed by atoms with van der Waals surface area (Å²) in [5.74, 6) is 0. The normalized spacial score (nSPS) is 33.0. The molecule has 0 N–H and O–H groups in total. The van der Waals surface area contributed by atoms with Gasteiger partial charge in [0.1, 0.15) is 0 Å². The summed E-state index contributed by atoms with van der Waals surface area (Å²) < 4.78 is 30.4. The first-order valence-electron chi connectivity index (χ1n) is 2.44. The van der Waals surface area contributed by atoms with Crippen molar-refractivity contribution in [1.29, 1.82) is 0 Å². The Morgan fingerprint density at radius 1 is 1.45 bits per heavy atom. The van der Waals surface area contributed by atoms with Crippen LogP contribution in [0.25, 0.3) is 0 Å². The first-order valence-corrected chi connectivity index (χ1v) is 6.12. The van der Waals surface area contributed by atoms with Gasteiger partial charge in [0.2, 0.25) is 0 Å². The van der Waals surface area contributed by atoms with Crippen molar-refractivity contribution in [2.45, 2.75) is 0 Å². The van der Waals surface area contributed by atoms with E-state index in [1.165, 1.54) is 11.6 Å². The van der Waals surface area contributed by atoms with Crippen LogP contribution in [0.2, 0.25) is 0 Å². The largest absolute Gasteiger partial charge is 0.438 e. The van der Waals surface area contributed by atoms with Crippen molar-refractivity contribution in [3.05, 3.63) is 11.6 Å². The minimum Gasteiger partial charge on any atom is -0.232 e. The molecule has 0 saturated carbocycles. The fourth-order valence-electron chi connectivity index (χ4n) is 0.653. The maximum Gasteiger partial charge on any atom is 0.438 e. The maximum atomic E-state index is 10.5. The monoisotopic (exact) mass is 259 g/mol. The third kappa shape index (κ3) is 1.05. The minimum absolute atomic E-state index is 0.389. The van der Waals surface area contributed by atoms with Gasteiger partial charge in [-0.25, -0.2) is 4.99 Å². The second-order valence-corrected chi connectivity index (χ2v) is 6.69. The third-order valence-electron chi connectivity index (χ3n) is 1.02. The standard InChI is InChI=1S/C3H2BrNO4S2/c4-3-5-1-2-10(3)8-11(6,7)9-10/h1-2H. The van der Waals surface area contributed by atoms with E-state index in [0.717, 1.165) is 0 Å². The van der Waals surface area contributed by atoms with Crippen molar-refractivity contribution in [3.63, 3.8) is 0 Å². The van der Waals surface area contributed by atoms with Gasteiger partial charge in [0.15, 0.2) is 3.95 Å². The third-order valence-corrected chi connectivity index (χ3v) is 6.58. The Labute approximate surface area is 73.3 Å². The molecule has 0 aromatic carbocycles. The molecule has 0 amide bonds. The average Bonchev–Trinajstić information content (AvgIpc) is 2.10. The average molecular weight is 260 g/mol. The summed E-state index contributed by atoms with van der Waals surface area (Å²) in [4.78, 5) is 3.75. The van der Waals surface area contributed by atoms with Crippen LogP contribution in [0, 0.1) is 0 Å². The number of hydrogen-bond acceptors (Lipinski definition) is 5. The Bertz CT molecular complexity index is 346. The van der Waals surface area contributed by atoms with Gasteiger partial charge >= 0.3 is 10.4 Å². The highest BCUT2D eigenvalue weighted by molar-refractivity contribution is 9.23. The molecule has 0 bridgehead atoms. The van der Waals surface area contributed by atoms with E-state index in [-0.39, 0.29) is 0 Å². The second-order valence-electron chi connectivity index (χ2n) is 1.76. The molecule has 62 valence electrons. The molecule has 1 spiro atoms. The van der Waals surface area contributed by atoms with Crippen LogP contribution in [0.3, 0.4) is 0 Å². The van der Waals surface area contributed by atoms with Gasteiger partial charge in [0, 0.05) is 6.20 Å². The van der Waals surface area contributed by atoms with Gasteiger partial charge in [0.05, 0.1) is 5.41 Å². The van der Waals surface area contributed by atoms with Gasteiger partial charge in [-0.15, -0.1) is 7.26 Å². The molecule has 0 unspecified atom stereocenters. The molecule has 1 saturated heterocycles. The summed E-state index contributed by atoms with van der Waals surface area (Å²) >= 11 is 3.03. The van der Waals surface area contributed by atoms with Crippen LogP contribution in [-0.4, -0.2) is 12.4 Å². The molecule has 1 fully saturated rings. The van der Waals surface area contributed by atoms with Gasteiger partial charge in [-0.05, 0) is 15.9 Å². The Hall–Kier alpha value is 0.110. The van der Waals surface area contributed by atoms with Gasteiger partial charge in [-0.2, -0.15) is 8.42 Å². The van der Waals surface area contributed by atoms with E-state index in [2.05, 4.69) is 28.2 Å². The van der Waals surface area contributed by atoms with Crippen molar-refractivity contribution in [1.82, 2.24) is 0 Å². The van der Waals surface area contributed by atoms with Crippen molar-refractivity contribution in [2.24, 2.45) is 4.99 Å². The molecule has 2 rings (SSSR count). The molecule has 0 aromatic rings. The van der Waals surface area contributed by atoms with Gasteiger partial charge in [-0.1, -0.05) is 10.6 Å². The summed E-state index contributed by atoms with van der Waals surface area (Å²) in [5.41, 5.74) is 0. The SMILES string of the molecule is O=S1(=O)OS2(C=CN=C2Br)O1. The zero-order chi connectivity index (χ0) is 8.11. The smallest absolute Gasteiger partial charge is 0.232 e. The van der Waals surface area contributed by atoms with E-state index in [0.29, 0.717) is 3.95 Å². The highest BCUT2D eigenvalue weighted by atomic mass is 79.9. The van der Waals surface area contributed by atoms with Crippen LogP contribution in [0.5, 0.6) is 0 Å². The molecular formula is C3H2BrNO4S2. The lowest BCUT2D eigenvalue weighted by Gasteiger charge is -2.40. The van der Waals surface area contributed by atoms with Crippen LogP contribution in [-0.2, 0) is 17.7 Å². The number of aliphatic imine (C=N–C) groups is 1. The fourth-order valence-corrected chi connectivity index (χ4v) is 5.44. The quantitative estimate of drug-likeness (QED) is 0.655. The van der Waals surface area contributed by atoms with E-state index >= 15 is 0 Å². The van der Waals surface area contributed by atoms with Crippen molar-refractivity contribution >= 4 is 40.9 Å². The lowest BCUT2D eigenvalue weighted by molar-refractivity contribution is 0.358. The van der Waals surface area contributed by atoms with Crippen LogP contribution in [0.4, 0.5) is 0 Å². The summed E-state index contributed by atoms with van der Waals surface area (Å²) in [6, 6.07) is 0. The Morgan fingerprint density at radius 3 is 2.45 bits per heavy atom. The van der Waals surface area contributed by atoms with E-state index in [9.17, 15) is 8.42 Å². The highest BCUT2D eigenvalue weighted by Crippen LogP contribution is 2.67. The molecule has 5 nitrogen and oxygen atoms in total. The summed E-state index contributed by atoms with van der Waals surface area (Å²) in [7, 11) is -5.88. The summed E-state index contributed by atoms with van der Waals surface area (Å²) in [5, 5.41) is 1.48. The Morgan fingerprint density at radius 2 is 2.09 bits per heavy atom. The first kappa shape index (κ1) is 7.74. The van der Waals surface area contributed by atoms with Crippen LogP contribution >= 0.6 is 26.5 Å². The van der Waals surface area contributed by atoms with E-state index < -0.39 is 21.0 Å². The van der Waals surface area contributed by atoms with Crippen LogP contribution in [0.15, 0.2) is 16.6 Å². The highest BCUT2D eigenvalue weighted by Gasteiger charge is 2.48. The van der Waals surface area contributed by atoms with Crippen LogP contribution in [0.1, 0.15) is 0 Å². The zero-order valence-electron chi connectivity index (χ0n) is 4.93.